The number of carbonyl (C=O) groups is 1. The third-order valence-corrected chi connectivity index (χ3v) is 4.88. The van der Waals surface area contributed by atoms with Gasteiger partial charge in [0.15, 0.2) is 0 Å². The SMILES string of the molecule is CC(=O)N(/N=C/c1ccc([N+](=O)[O-])s1)c1nc2ccc(F)cc2s1. The lowest BCUT2D eigenvalue weighted by atomic mass is 10.3. The standard InChI is InChI=1S/C14H9FN4O3S2/c1-8(20)18(16-7-10-3-5-13(23-10)19(21)22)14-17-11-4-2-9(15)6-12(11)24-14/h2-7H,1H3/b16-7+. The molecule has 7 nitrogen and oxygen atoms in total. The van der Waals surface area contributed by atoms with Gasteiger partial charge < -0.3 is 0 Å². The number of amides is 1. The van der Waals surface area contributed by atoms with Crippen molar-refractivity contribution in [2.45, 2.75) is 6.92 Å². The number of aromatic nitrogens is 1. The smallest absolute Gasteiger partial charge is 0.273 e. The van der Waals surface area contributed by atoms with Gasteiger partial charge in [-0.25, -0.2) is 9.37 Å². The average molecular weight is 364 g/mol. The molecule has 0 saturated heterocycles. The van der Waals surface area contributed by atoms with E-state index >= 15 is 0 Å². The summed E-state index contributed by atoms with van der Waals surface area (Å²) in [6.07, 6.45) is 1.35. The van der Waals surface area contributed by atoms with Crippen LogP contribution in [0.25, 0.3) is 10.2 Å². The first-order valence-electron chi connectivity index (χ1n) is 6.59. The lowest BCUT2D eigenvalue weighted by Crippen LogP contribution is -2.22. The number of nitro groups is 1. The Hall–Kier alpha value is -2.72. The monoisotopic (exact) mass is 364 g/mol. The van der Waals surface area contributed by atoms with Crippen LogP contribution in [-0.2, 0) is 4.79 Å². The molecule has 10 heteroatoms. The van der Waals surface area contributed by atoms with E-state index in [0.717, 1.165) is 27.7 Å². The second-order valence-corrected chi connectivity index (χ2v) is 6.72. The van der Waals surface area contributed by atoms with Crippen molar-refractivity contribution in [3.05, 3.63) is 51.1 Å². The molecule has 0 unspecified atom stereocenters. The van der Waals surface area contributed by atoms with Crippen molar-refractivity contribution in [1.29, 1.82) is 0 Å². The summed E-state index contributed by atoms with van der Waals surface area (Å²) in [5.41, 5.74) is 0.560. The van der Waals surface area contributed by atoms with Gasteiger partial charge >= 0.3 is 5.00 Å². The Kier molecular flexibility index (Phi) is 4.32. The summed E-state index contributed by atoms with van der Waals surface area (Å²) in [4.78, 5) is 26.8. The van der Waals surface area contributed by atoms with Gasteiger partial charge in [0.2, 0.25) is 11.0 Å². The first kappa shape index (κ1) is 16.1. The summed E-state index contributed by atoms with van der Waals surface area (Å²) in [5, 5.41) is 16.1. The van der Waals surface area contributed by atoms with Crippen molar-refractivity contribution in [1.82, 2.24) is 4.98 Å². The van der Waals surface area contributed by atoms with Crippen molar-refractivity contribution in [2.75, 3.05) is 5.01 Å². The summed E-state index contributed by atoms with van der Waals surface area (Å²) < 4.78 is 13.9. The van der Waals surface area contributed by atoms with E-state index in [1.54, 1.807) is 6.07 Å². The fourth-order valence-electron chi connectivity index (χ4n) is 1.87. The second kappa shape index (κ2) is 6.42. The van der Waals surface area contributed by atoms with E-state index in [9.17, 15) is 19.3 Å². The van der Waals surface area contributed by atoms with Gasteiger partial charge in [0, 0.05) is 13.0 Å². The van der Waals surface area contributed by atoms with Crippen LogP contribution < -0.4 is 5.01 Å². The maximum absolute atomic E-state index is 13.3. The third-order valence-electron chi connectivity index (χ3n) is 2.91. The molecule has 0 radical (unpaired) electrons. The number of thiophene rings is 1. The normalized spacial score (nSPS) is 11.2. The average Bonchev–Trinajstić information content (AvgIpc) is 3.13. The van der Waals surface area contributed by atoms with E-state index in [4.69, 9.17) is 0 Å². The predicted molar refractivity (Wildman–Crippen MR) is 91.3 cm³/mol. The minimum absolute atomic E-state index is 0.0127. The molecule has 0 bridgehead atoms. The number of rotatable bonds is 4. The summed E-state index contributed by atoms with van der Waals surface area (Å²) in [6.45, 7) is 1.32. The van der Waals surface area contributed by atoms with Gasteiger partial charge in [0.05, 0.1) is 26.2 Å². The van der Waals surface area contributed by atoms with Crippen LogP contribution in [0.1, 0.15) is 11.8 Å². The lowest BCUT2D eigenvalue weighted by Gasteiger charge is -2.09. The van der Waals surface area contributed by atoms with Crippen LogP contribution in [0.3, 0.4) is 0 Å². The highest BCUT2D eigenvalue weighted by atomic mass is 32.1. The Bertz CT molecular complexity index is 966. The third kappa shape index (κ3) is 3.29. The molecule has 3 aromatic rings. The zero-order valence-corrected chi connectivity index (χ0v) is 13.8. The quantitative estimate of drug-likeness (QED) is 0.400. The van der Waals surface area contributed by atoms with Gasteiger partial charge in [-0.3, -0.25) is 14.9 Å². The summed E-state index contributed by atoms with van der Waals surface area (Å²) in [6, 6.07) is 7.05. The van der Waals surface area contributed by atoms with Gasteiger partial charge in [-0.05, 0) is 24.3 Å². The van der Waals surface area contributed by atoms with Gasteiger partial charge in [-0.1, -0.05) is 22.7 Å². The number of nitrogens with zero attached hydrogens (tertiary/aromatic N) is 4. The number of hydrogen-bond acceptors (Lipinski definition) is 7. The number of benzene rings is 1. The molecule has 122 valence electrons. The molecule has 0 saturated carbocycles. The Morgan fingerprint density at radius 3 is 2.83 bits per heavy atom. The van der Waals surface area contributed by atoms with Gasteiger partial charge in [-0.2, -0.15) is 10.1 Å². The zero-order chi connectivity index (χ0) is 17.3. The Morgan fingerprint density at radius 1 is 1.38 bits per heavy atom. The van der Waals surface area contributed by atoms with Crippen molar-refractivity contribution in [2.24, 2.45) is 5.10 Å². The fourth-order valence-corrected chi connectivity index (χ4v) is 3.55. The fraction of sp³-hybridized carbons (Fsp3) is 0.0714. The highest BCUT2D eigenvalue weighted by Gasteiger charge is 2.16. The number of halogens is 1. The van der Waals surface area contributed by atoms with E-state index in [2.05, 4.69) is 10.1 Å². The molecule has 0 aliphatic carbocycles. The predicted octanol–water partition coefficient (Wildman–Crippen LogP) is 3.79. The molecule has 0 aliphatic heterocycles. The molecule has 2 aromatic heterocycles. The van der Waals surface area contributed by atoms with E-state index < -0.39 is 4.92 Å². The maximum Gasteiger partial charge on any atom is 0.324 e. The summed E-state index contributed by atoms with van der Waals surface area (Å²) in [5.74, 6) is -0.765. The minimum atomic E-state index is -0.493. The first-order chi connectivity index (χ1) is 11.4. The summed E-state index contributed by atoms with van der Waals surface area (Å²) >= 11 is 2.07. The van der Waals surface area contributed by atoms with Crippen LogP contribution >= 0.6 is 22.7 Å². The molecule has 0 atom stereocenters. The van der Waals surface area contributed by atoms with Crippen LogP contribution in [-0.4, -0.2) is 22.0 Å². The number of fused-ring (bicyclic) bond motifs is 1. The molecule has 0 N–H and O–H groups in total. The number of hydrogen-bond donors (Lipinski definition) is 0. The molecular weight excluding hydrogens is 355 g/mol. The molecule has 0 spiro atoms. The Morgan fingerprint density at radius 2 is 2.17 bits per heavy atom. The van der Waals surface area contributed by atoms with Crippen LogP contribution in [0.4, 0.5) is 14.5 Å². The van der Waals surface area contributed by atoms with E-state index in [0.29, 0.717) is 20.2 Å². The zero-order valence-electron chi connectivity index (χ0n) is 12.2. The number of anilines is 1. The Labute approximate surface area is 142 Å². The highest BCUT2D eigenvalue weighted by molar-refractivity contribution is 7.22. The molecule has 3 rings (SSSR count). The molecule has 1 aromatic carbocycles. The van der Waals surface area contributed by atoms with E-state index in [1.807, 2.05) is 0 Å². The first-order valence-corrected chi connectivity index (χ1v) is 8.22. The minimum Gasteiger partial charge on any atom is -0.273 e. The van der Waals surface area contributed by atoms with Crippen LogP contribution in [0, 0.1) is 15.9 Å². The number of thiazole rings is 1. The number of hydrazone groups is 1. The maximum atomic E-state index is 13.3. The topological polar surface area (TPSA) is 88.7 Å². The molecule has 1 amide bonds. The molecular formula is C14H9FN4O3S2. The van der Waals surface area contributed by atoms with E-state index in [-0.39, 0.29) is 16.7 Å². The van der Waals surface area contributed by atoms with E-state index in [1.165, 1.54) is 37.4 Å². The van der Waals surface area contributed by atoms with Crippen molar-refractivity contribution in [3.63, 3.8) is 0 Å². The van der Waals surface area contributed by atoms with Crippen LogP contribution in [0.5, 0.6) is 0 Å². The largest absolute Gasteiger partial charge is 0.324 e. The van der Waals surface area contributed by atoms with Crippen molar-refractivity contribution >= 4 is 55.1 Å². The van der Waals surface area contributed by atoms with Gasteiger partial charge in [0.25, 0.3) is 0 Å². The molecule has 24 heavy (non-hydrogen) atoms. The van der Waals surface area contributed by atoms with Crippen LogP contribution in [0.15, 0.2) is 35.4 Å². The van der Waals surface area contributed by atoms with Gasteiger partial charge in [0.1, 0.15) is 5.82 Å². The lowest BCUT2D eigenvalue weighted by molar-refractivity contribution is -0.380. The number of carbonyl (C=O) groups excluding carboxylic acids is 1. The Balaban J connectivity index is 1.91. The second-order valence-electron chi connectivity index (χ2n) is 4.62. The van der Waals surface area contributed by atoms with Crippen molar-refractivity contribution < 1.29 is 14.1 Å². The van der Waals surface area contributed by atoms with Crippen molar-refractivity contribution in [3.8, 4) is 0 Å². The molecule has 0 aliphatic rings. The molecule has 0 fully saturated rings. The van der Waals surface area contributed by atoms with Gasteiger partial charge in [-0.15, -0.1) is 0 Å². The summed E-state index contributed by atoms with van der Waals surface area (Å²) in [7, 11) is 0. The van der Waals surface area contributed by atoms with Crippen LogP contribution in [0.2, 0.25) is 0 Å². The molecule has 2 heterocycles. The highest BCUT2D eigenvalue weighted by Crippen LogP contribution is 2.30.